The fourth-order valence-electron chi connectivity index (χ4n) is 2.92. The van der Waals surface area contributed by atoms with E-state index < -0.39 is 27.6 Å². The second-order valence-electron chi connectivity index (χ2n) is 7.12. The van der Waals surface area contributed by atoms with Gasteiger partial charge in [-0.3, -0.25) is 4.31 Å². The molecule has 0 saturated heterocycles. The van der Waals surface area contributed by atoms with E-state index in [0.717, 1.165) is 16.1 Å². The lowest BCUT2D eigenvalue weighted by molar-refractivity contribution is -0.137. The van der Waals surface area contributed by atoms with Crippen LogP contribution in [0.1, 0.15) is 16.7 Å². The third-order valence-electron chi connectivity index (χ3n) is 4.73. The van der Waals surface area contributed by atoms with Gasteiger partial charge in [-0.2, -0.15) is 18.2 Å². The van der Waals surface area contributed by atoms with Crippen molar-refractivity contribution < 1.29 is 21.6 Å². The monoisotopic (exact) mass is 499 g/mol. The first-order chi connectivity index (χ1) is 15.5. The fraction of sp³-hybridized carbons (Fsp3) is 0.238. The maximum Gasteiger partial charge on any atom is 0.421 e. The van der Waals surface area contributed by atoms with Crippen molar-refractivity contribution in [3.05, 3.63) is 71.4 Å². The summed E-state index contributed by atoms with van der Waals surface area (Å²) in [7, 11) is -2.18. The number of rotatable bonds is 8. The highest BCUT2D eigenvalue weighted by Crippen LogP contribution is 2.34. The minimum absolute atomic E-state index is 0.0364. The van der Waals surface area contributed by atoms with Crippen LogP contribution in [0.5, 0.6) is 0 Å². The third kappa shape index (κ3) is 6.26. The molecule has 0 saturated carbocycles. The van der Waals surface area contributed by atoms with E-state index in [4.69, 9.17) is 11.6 Å². The molecule has 3 aromatic rings. The number of aromatic nitrogens is 2. The smallest absolute Gasteiger partial charge is 0.365 e. The van der Waals surface area contributed by atoms with E-state index in [2.05, 4.69) is 20.6 Å². The second kappa shape index (κ2) is 9.84. The number of hydrogen-bond acceptors (Lipinski definition) is 6. The third-order valence-corrected chi connectivity index (χ3v) is 6.23. The van der Waals surface area contributed by atoms with E-state index >= 15 is 0 Å². The quantitative estimate of drug-likeness (QED) is 0.425. The minimum atomic E-state index is -4.69. The largest absolute Gasteiger partial charge is 0.421 e. The summed E-state index contributed by atoms with van der Waals surface area (Å²) in [5.74, 6) is -0.138. The van der Waals surface area contributed by atoms with Crippen LogP contribution in [-0.4, -0.2) is 31.7 Å². The van der Waals surface area contributed by atoms with Crippen molar-refractivity contribution in [1.82, 2.24) is 9.97 Å². The van der Waals surface area contributed by atoms with Crippen LogP contribution < -0.4 is 14.9 Å². The normalized spacial score (nSPS) is 11.8. The molecule has 0 fully saturated rings. The number of anilines is 4. The Hall–Kier alpha value is -3.05. The Morgan fingerprint density at radius 2 is 1.76 bits per heavy atom. The van der Waals surface area contributed by atoms with E-state index in [1.807, 2.05) is 0 Å². The molecule has 1 aromatic heterocycles. The number of alkyl halides is 4. The zero-order chi connectivity index (χ0) is 24.2. The summed E-state index contributed by atoms with van der Waals surface area (Å²) in [6.45, 7) is -0.0972. The molecule has 0 spiro atoms. The molecule has 0 radical (unpaired) electrons. The first-order valence-corrected chi connectivity index (χ1v) is 12.0. The van der Waals surface area contributed by atoms with Crippen molar-refractivity contribution in [1.29, 1.82) is 0 Å². The van der Waals surface area contributed by atoms with Crippen molar-refractivity contribution in [3.8, 4) is 0 Å². The highest BCUT2D eigenvalue weighted by atomic mass is 35.5. The molecule has 2 N–H and O–H groups in total. The predicted molar refractivity (Wildman–Crippen MR) is 123 cm³/mol. The summed E-state index contributed by atoms with van der Waals surface area (Å²) >= 11 is 5.76. The molecule has 0 amide bonds. The van der Waals surface area contributed by atoms with Gasteiger partial charge in [0.05, 0.1) is 11.9 Å². The topological polar surface area (TPSA) is 87.2 Å². The number of nitrogens with one attached hydrogen (secondary N) is 2. The van der Waals surface area contributed by atoms with E-state index in [9.17, 15) is 21.6 Å². The van der Waals surface area contributed by atoms with Gasteiger partial charge in [0.25, 0.3) is 0 Å². The molecule has 7 nitrogen and oxygen atoms in total. The van der Waals surface area contributed by atoms with Gasteiger partial charge >= 0.3 is 6.18 Å². The lowest BCUT2D eigenvalue weighted by Gasteiger charge is -2.21. The van der Waals surface area contributed by atoms with Crippen molar-refractivity contribution in [2.24, 2.45) is 0 Å². The molecule has 0 unspecified atom stereocenters. The fourth-order valence-corrected chi connectivity index (χ4v) is 3.63. The summed E-state index contributed by atoms with van der Waals surface area (Å²) in [5, 5.41) is 5.54. The summed E-state index contributed by atoms with van der Waals surface area (Å²) < 4.78 is 65.5. The Morgan fingerprint density at radius 3 is 2.36 bits per heavy atom. The standard InChI is InChI=1S/C21H21ClF3N5O2S/c1-30(33(2,31)32)18-6-4-3-5-15(18)12-26-19-17(21(23,24)25)13-27-20(29-19)28-16-9-7-14(11-22)8-10-16/h3-10,13H,11-12H2,1-2H3,(H2,26,27,28,29). The van der Waals surface area contributed by atoms with Crippen molar-refractivity contribution >= 4 is 44.8 Å². The summed E-state index contributed by atoms with van der Waals surface area (Å²) in [4.78, 5) is 7.79. The van der Waals surface area contributed by atoms with Crippen LogP contribution >= 0.6 is 11.6 Å². The molecular weight excluding hydrogens is 479 g/mol. The SMILES string of the molecule is CN(c1ccccc1CNc1nc(Nc2ccc(CCl)cc2)ncc1C(F)(F)F)S(C)(=O)=O. The van der Waals surface area contributed by atoms with Crippen molar-refractivity contribution in [3.63, 3.8) is 0 Å². The van der Waals surface area contributed by atoms with Crippen LogP contribution in [0.4, 0.5) is 36.3 Å². The molecule has 0 aliphatic rings. The number of halogens is 4. The van der Waals surface area contributed by atoms with Crippen molar-refractivity contribution in [2.45, 2.75) is 18.6 Å². The summed E-state index contributed by atoms with van der Waals surface area (Å²) in [6.07, 6.45) is -2.95. The Kier molecular flexibility index (Phi) is 7.33. The number of hydrogen-bond donors (Lipinski definition) is 2. The highest BCUT2D eigenvalue weighted by Gasteiger charge is 2.35. The number of benzene rings is 2. The molecule has 2 aromatic carbocycles. The molecule has 0 atom stereocenters. The first kappa shape index (κ1) is 24.6. The van der Waals surface area contributed by atoms with Gasteiger partial charge < -0.3 is 10.6 Å². The van der Waals surface area contributed by atoms with Crippen LogP contribution in [0.2, 0.25) is 0 Å². The van der Waals surface area contributed by atoms with Crippen LogP contribution in [-0.2, 0) is 28.6 Å². The number of para-hydroxylation sites is 1. The zero-order valence-electron chi connectivity index (χ0n) is 17.7. The zero-order valence-corrected chi connectivity index (χ0v) is 19.3. The Bertz CT molecular complexity index is 1220. The van der Waals surface area contributed by atoms with Crippen LogP contribution in [0.25, 0.3) is 0 Å². The number of sulfonamides is 1. The molecule has 3 rings (SSSR count). The molecule has 0 aliphatic carbocycles. The highest BCUT2D eigenvalue weighted by molar-refractivity contribution is 7.92. The molecular formula is C21H21ClF3N5O2S. The molecule has 12 heteroatoms. The van der Waals surface area contributed by atoms with Crippen LogP contribution in [0, 0.1) is 0 Å². The average molecular weight is 500 g/mol. The predicted octanol–water partition coefficient (Wildman–Crippen LogP) is 4.99. The van der Waals surface area contributed by atoms with E-state index in [0.29, 0.717) is 29.0 Å². The second-order valence-corrected chi connectivity index (χ2v) is 9.40. The van der Waals surface area contributed by atoms with Gasteiger partial charge in [-0.15, -0.1) is 11.6 Å². The summed E-state index contributed by atoms with van der Waals surface area (Å²) in [6, 6.07) is 13.5. The molecule has 0 aliphatic heterocycles. The Labute approximate surface area is 194 Å². The van der Waals surface area contributed by atoms with Gasteiger partial charge in [0.2, 0.25) is 16.0 Å². The maximum absolute atomic E-state index is 13.5. The lowest BCUT2D eigenvalue weighted by Crippen LogP contribution is -2.26. The maximum atomic E-state index is 13.5. The van der Waals surface area contributed by atoms with Gasteiger partial charge in [0.1, 0.15) is 11.4 Å². The molecule has 176 valence electrons. The Morgan fingerprint density at radius 1 is 1.09 bits per heavy atom. The van der Waals surface area contributed by atoms with Crippen molar-refractivity contribution in [2.75, 3.05) is 28.2 Å². The average Bonchev–Trinajstić information content (AvgIpc) is 2.76. The molecule has 1 heterocycles. The molecule has 33 heavy (non-hydrogen) atoms. The Balaban J connectivity index is 1.89. The van der Waals surface area contributed by atoms with Gasteiger partial charge in [0, 0.05) is 31.4 Å². The van der Waals surface area contributed by atoms with Gasteiger partial charge in [-0.05, 0) is 29.3 Å². The van der Waals surface area contributed by atoms with E-state index in [-0.39, 0.29) is 12.5 Å². The van der Waals surface area contributed by atoms with Crippen LogP contribution in [0.15, 0.2) is 54.7 Å². The van der Waals surface area contributed by atoms with E-state index in [1.54, 1.807) is 48.5 Å². The van der Waals surface area contributed by atoms with Gasteiger partial charge in [-0.25, -0.2) is 13.4 Å². The van der Waals surface area contributed by atoms with E-state index in [1.165, 1.54) is 7.05 Å². The van der Waals surface area contributed by atoms with Crippen LogP contribution in [0.3, 0.4) is 0 Å². The van der Waals surface area contributed by atoms with Gasteiger partial charge in [-0.1, -0.05) is 30.3 Å². The summed E-state index contributed by atoms with van der Waals surface area (Å²) in [5.41, 5.74) is 1.24. The minimum Gasteiger partial charge on any atom is -0.365 e. The number of nitrogens with zero attached hydrogens (tertiary/aromatic N) is 3. The lowest BCUT2D eigenvalue weighted by atomic mass is 10.1. The van der Waals surface area contributed by atoms with Gasteiger partial charge in [0.15, 0.2) is 0 Å². The first-order valence-electron chi connectivity index (χ1n) is 9.61. The molecule has 0 bridgehead atoms.